The number of aliphatic carboxylic acids is 1. The van der Waals surface area contributed by atoms with Gasteiger partial charge in [-0.3, -0.25) is 14.4 Å². The van der Waals surface area contributed by atoms with Crippen LogP contribution in [-0.2, 0) is 19.2 Å². The number of thioether (sulfide) groups is 1. The molecule has 9 nitrogen and oxygen atoms in total. The molecule has 28 heavy (non-hydrogen) atoms. The number of nitrogens with one attached hydrogen (secondary N) is 1. The summed E-state index contributed by atoms with van der Waals surface area (Å²) in [6.07, 6.45) is 4.76. The summed E-state index contributed by atoms with van der Waals surface area (Å²) in [4.78, 5) is 52.0. The van der Waals surface area contributed by atoms with Gasteiger partial charge < -0.3 is 26.0 Å². The Morgan fingerprint density at radius 3 is 2.25 bits per heavy atom. The van der Waals surface area contributed by atoms with Gasteiger partial charge >= 0.3 is 5.97 Å². The van der Waals surface area contributed by atoms with Crippen LogP contribution in [-0.4, -0.2) is 87.9 Å². The van der Waals surface area contributed by atoms with Gasteiger partial charge in [-0.2, -0.15) is 11.8 Å². The number of nitrogens with two attached hydrogens (primary N) is 1. The van der Waals surface area contributed by atoms with E-state index in [1.54, 1.807) is 18.7 Å². The predicted octanol–water partition coefficient (Wildman–Crippen LogP) is -0.362. The van der Waals surface area contributed by atoms with E-state index < -0.39 is 42.0 Å². The number of likely N-dealkylation sites (tertiary alicyclic amines) is 2. The van der Waals surface area contributed by atoms with Crippen LogP contribution in [0.15, 0.2) is 0 Å². The quantitative estimate of drug-likeness (QED) is 0.494. The summed E-state index contributed by atoms with van der Waals surface area (Å²) in [5.41, 5.74) is 5.97. The SMILES string of the molecule is CSCCC(N)C(=O)N1CCCC1C(=O)NC(C)C(=O)N1CCCC1C(=O)O. The lowest BCUT2D eigenvalue weighted by Crippen LogP contribution is -2.55. The van der Waals surface area contributed by atoms with Gasteiger partial charge in [0, 0.05) is 13.1 Å². The highest BCUT2D eigenvalue weighted by Gasteiger charge is 2.39. The standard InChI is InChI=1S/C18H30N4O5S/c1-11(16(24)22-9-4-6-14(22)18(26)27)20-15(23)13-5-3-8-21(13)17(25)12(19)7-10-28-2/h11-14H,3-10,19H2,1-2H3,(H,20,23)(H,26,27). The molecule has 0 aromatic rings. The van der Waals surface area contributed by atoms with Crippen LogP contribution in [0, 0.1) is 0 Å². The van der Waals surface area contributed by atoms with E-state index in [4.69, 9.17) is 5.73 Å². The normalized spacial score (nSPS) is 24.1. The first-order valence-electron chi connectivity index (χ1n) is 9.66. The Bertz CT molecular complexity index is 617. The Morgan fingerprint density at radius 1 is 1.11 bits per heavy atom. The van der Waals surface area contributed by atoms with Crippen LogP contribution in [0.4, 0.5) is 0 Å². The monoisotopic (exact) mass is 414 g/mol. The van der Waals surface area contributed by atoms with Gasteiger partial charge in [0.05, 0.1) is 6.04 Å². The molecule has 2 aliphatic rings. The first-order valence-corrected chi connectivity index (χ1v) is 11.1. The molecule has 0 bridgehead atoms. The van der Waals surface area contributed by atoms with Gasteiger partial charge in [-0.25, -0.2) is 4.79 Å². The predicted molar refractivity (Wildman–Crippen MR) is 106 cm³/mol. The van der Waals surface area contributed by atoms with E-state index >= 15 is 0 Å². The lowest BCUT2D eigenvalue weighted by atomic mass is 10.1. The van der Waals surface area contributed by atoms with Gasteiger partial charge in [-0.1, -0.05) is 0 Å². The summed E-state index contributed by atoms with van der Waals surface area (Å²) < 4.78 is 0. The molecule has 4 N–H and O–H groups in total. The lowest BCUT2D eigenvalue weighted by Gasteiger charge is -2.29. The van der Waals surface area contributed by atoms with E-state index in [9.17, 15) is 24.3 Å². The molecular weight excluding hydrogens is 384 g/mol. The molecule has 3 amide bonds. The van der Waals surface area contributed by atoms with Gasteiger partial charge in [0.1, 0.15) is 18.1 Å². The van der Waals surface area contributed by atoms with E-state index in [1.165, 1.54) is 9.80 Å². The zero-order valence-electron chi connectivity index (χ0n) is 16.4. The van der Waals surface area contributed by atoms with Gasteiger partial charge in [0.25, 0.3) is 0 Å². The highest BCUT2D eigenvalue weighted by molar-refractivity contribution is 7.98. The first kappa shape index (κ1) is 22.5. The molecule has 0 spiro atoms. The minimum atomic E-state index is -1.03. The van der Waals surface area contributed by atoms with E-state index in [0.29, 0.717) is 45.2 Å². The largest absolute Gasteiger partial charge is 0.480 e. The van der Waals surface area contributed by atoms with Gasteiger partial charge in [-0.15, -0.1) is 0 Å². The van der Waals surface area contributed by atoms with Crippen molar-refractivity contribution in [3.63, 3.8) is 0 Å². The molecule has 2 saturated heterocycles. The molecule has 0 saturated carbocycles. The van der Waals surface area contributed by atoms with Crippen molar-refractivity contribution in [3.8, 4) is 0 Å². The van der Waals surface area contributed by atoms with Crippen molar-refractivity contribution in [2.75, 3.05) is 25.1 Å². The third-order valence-corrected chi connectivity index (χ3v) is 5.98. The second-order valence-electron chi connectivity index (χ2n) is 7.34. The van der Waals surface area contributed by atoms with Crippen LogP contribution in [0.5, 0.6) is 0 Å². The third kappa shape index (κ3) is 5.16. The van der Waals surface area contributed by atoms with Crippen LogP contribution < -0.4 is 11.1 Å². The smallest absolute Gasteiger partial charge is 0.326 e. The summed E-state index contributed by atoms with van der Waals surface area (Å²) in [5, 5.41) is 11.9. The molecule has 10 heteroatoms. The summed E-state index contributed by atoms with van der Waals surface area (Å²) in [6, 6.07) is -2.97. The van der Waals surface area contributed by atoms with Crippen molar-refractivity contribution in [1.82, 2.24) is 15.1 Å². The minimum absolute atomic E-state index is 0.240. The van der Waals surface area contributed by atoms with Crippen LogP contribution in [0.3, 0.4) is 0 Å². The lowest BCUT2D eigenvalue weighted by molar-refractivity contribution is -0.149. The van der Waals surface area contributed by atoms with Gasteiger partial charge in [0.15, 0.2) is 0 Å². The molecule has 2 heterocycles. The molecule has 0 radical (unpaired) electrons. The Labute approximate surface area is 169 Å². The Hall–Kier alpha value is -1.81. The maximum absolute atomic E-state index is 12.7. The third-order valence-electron chi connectivity index (χ3n) is 5.34. The first-order chi connectivity index (χ1) is 13.3. The minimum Gasteiger partial charge on any atom is -0.480 e. The van der Waals surface area contributed by atoms with E-state index in [-0.39, 0.29) is 5.91 Å². The van der Waals surface area contributed by atoms with Crippen molar-refractivity contribution in [2.45, 2.75) is 63.2 Å². The average Bonchev–Trinajstić information content (AvgIpc) is 3.33. The van der Waals surface area contributed by atoms with E-state index in [1.807, 2.05) is 6.26 Å². The molecule has 0 aromatic carbocycles. The molecule has 4 atom stereocenters. The van der Waals surface area contributed by atoms with Crippen molar-refractivity contribution >= 4 is 35.5 Å². The second kappa shape index (κ2) is 10.1. The average molecular weight is 415 g/mol. The second-order valence-corrected chi connectivity index (χ2v) is 8.32. The number of amides is 3. The van der Waals surface area contributed by atoms with E-state index in [2.05, 4.69) is 5.32 Å². The van der Waals surface area contributed by atoms with Crippen LogP contribution >= 0.6 is 11.8 Å². The maximum atomic E-state index is 12.7. The molecule has 0 aliphatic carbocycles. The van der Waals surface area contributed by atoms with Crippen LogP contribution in [0.2, 0.25) is 0 Å². The number of rotatable bonds is 8. The number of nitrogens with zero attached hydrogens (tertiary/aromatic N) is 2. The van der Waals surface area contributed by atoms with E-state index in [0.717, 1.165) is 5.75 Å². The number of carbonyl (C=O) groups excluding carboxylic acids is 3. The summed E-state index contributed by atoms with van der Waals surface area (Å²) in [7, 11) is 0. The maximum Gasteiger partial charge on any atom is 0.326 e. The molecular formula is C18H30N4O5S. The van der Waals surface area contributed by atoms with Crippen molar-refractivity contribution < 1.29 is 24.3 Å². The highest BCUT2D eigenvalue weighted by Crippen LogP contribution is 2.21. The summed E-state index contributed by atoms with van der Waals surface area (Å²) in [5.74, 6) is -1.31. The number of hydrogen-bond donors (Lipinski definition) is 3. The number of carboxylic acids is 1. The molecule has 4 unspecified atom stereocenters. The fourth-order valence-electron chi connectivity index (χ4n) is 3.79. The molecule has 2 rings (SSSR count). The zero-order chi connectivity index (χ0) is 20.8. The summed E-state index contributed by atoms with van der Waals surface area (Å²) >= 11 is 1.61. The van der Waals surface area contributed by atoms with Crippen LogP contribution in [0.25, 0.3) is 0 Å². The Balaban J connectivity index is 1.96. The number of carboxylic acid groups (broad SMARTS) is 1. The fourth-order valence-corrected chi connectivity index (χ4v) is 4.28. The summed E-state index contributed by atoms with van der Waals surface area (Å²) in [6.45, 7) is 2.39. The molecule has 2 aliphatic heterocycles. The molecule has 158 valence electrons. The van der Waals surface area contributed by atoms with Crippen LogP contribution in [0.1, 0.15) is 39.0 Å². The van der Waals surface area contributed by atoms with Crippen molar-refractivity contribution in [3.05, 3.63) is 0 Å². The van der Waals surface area contributed by atoms with Crippen molar-refractivity contribution in [2.24, 2.45) is 5.73 Å². The van der Waals surface area contributed by atoms with Gasteiger partial charge in [0.2, 0.25) is 17.7 Å². The van der Waals surface area contributed by atoms with Gasteiger partial charge in [-0.05, 0) is 51.0 Å². The Morgan fingerprint density at radius 2 is 1.68 bits per heavy atom. The van der Waals surface area contributed by atoms with Crippen molar-refractivity contribution in [1.29, 1.82) is 0 Å². The fraction of sp³-hybridized carbons (Fsp3) is 0.778. The number of carbonyl (C=O) groups is 4. The number of hydrogen-bond acceptors (Lipinski definition) is 6. The Kier molecular flexibility index (Phi) is 8.11. The highest BCUT2D eigenvalue weighted by atomic mass is 32.2. The zero-order valence-corrected chi connectivity index (χ0v) is 17.2. The topological polar surface area (TPSA) is 133 Å². The molecule has 0 aromatic heterocycles. The molecule has 2 fully saturated rings.